The summed E-state index contributed by atoms with van der Waals surface area (Å²) in [6.07, 6.45) is 5.50. The van der Waals surface area contributed by atoms with Gasteiger partial charge in [0.05, 0.1) is 22.6 Å². The van der Waals surface area contributed by atoms with Gasteiger partial charge in [-0.25, -0.2) is 19.0 Å². The van der Waals surface area contributed by atoms with Gasteiger partial charge in [-0.2, -0.15) is 5.10 Å². The quantitative estimate of drug-likeness (QED) is 0.0869. The van der Waals surface area contributed by atoms with Gasteiger partial charge in [0.25, 0.3) is 11.8 Å². The number of nitrogens with zero attached hydrogens (tertiary/aromatic N) is 6. The van der Waals surface area contributed by atoms with E-state index in [1.807, 2.05) is 64.2 Å². The predicted octanol–water partition coefficient (Wildman–Crippen LogP) is 5.92. The van der Waals surface area contributed by atoms with Crippen LogP contribution in [0.4, 0.5) is 10.2 Å². The molecule has 0 saturated carbocycles. The minimum Gasteiger partial charge on any atom is -0.457 e. The maximum Gasteiger partial charge on any atom is 0.265 e. The van der Waals surface area contributed by atoms with Gasteiger partial charge in [-0.1, -0.05) is 24.6 Å². The molecule has 5 aromatic rings. The Kier molecular flexibility index (Phi) is 10.7. The van der Waals surface area contributed by atoms with Crippen LogP contribution < -0.4 is 15.8 Å². The van der Waals surface area contributed by atoms with E-state index in [1.165, 1.54) is 24.2 Å². The number of unbranched alkanes of at least 4 members (excludes halogenated alkanes) is 2. The number of fused-ring (bicyclic) bond motifs is 2. The number of carbonyl (C=O) groups is 5. The van der Waals surface area contributed by atoms with E-state index in [0.717, 1.165) is 41.5 Å². The van der Waals surface area contributed by atoms with Crippen molar-refractivity contribution in [3.05, 3.63) is 90.0 Å². The second-order valence-corrected chi connectivity index (χ2v) is 15.4. The third-order valence-electron chi connectivity index (χ3n) is 10.5. The number of hydrogen-bond acceptors (Lipinski definition) is 11. The summed E-state index contributed by atoms with van der Waals surface area (Å²) in [6, 6.07) is 18.5. The number of aromatic nitrogens is 4. The number of para-hydroxylation sites is 1. The number of piperidine rings is 2. The normalized spacial score (nSPS) is 18.3. The number of ether oxygens (including phenoxy) is 1. The molecule has 3 aliphatic rings. The molecule has 0 radical (unpaired) electrons. The summed E-state index contributed by atoms with van der Waals surface area (Å²) < 4.78 is 22.7. The number of hydrogen-bond donors (Lipinski definition) is 2. The van der Waals surface area contributed by atoms with Crippen LogP contribution in [-0.2, 0) is 14.4 Å². The zero-order valence-electron chi connectivity index (χ0n) is 30.9. The lowest BCUT2D eigenvalue weighted by Gasteiger charge is -2.33. The van der Waals surface area contributed by atoms with Gasteiger partial charge in [-0.3, -0.25) is 34.2 Å². The lowest BCUT2D eigenvalue weighted by atomic mass is 10.0. The van der Waals surface area contributed by atoms with Crippen LogP contribution in [0, 0.1) is 5.82 Å². The standard InChI is InChI=1S/C41H39FN8O6S/c42-28-16-18-30(34-33(28)40(54)49(41(34)55)29-17-19-31(51)46-39(29)53)57-21-6-2-5-11-32(52)48-20-7-8-25(22-48)50-38-35(37(43)44-23-45-38)36(47-50)24-12-14-27(15-13-24)56-26-9-3-1-4-10-26/h1,3-4,9-10,12-16,18,23,25,29H,2,5-8,11,17,19-22H2,(H2,43,44,45)(H,46,51,53). The molecule has 57 heavy (non-hydrogen) atoms. The molecule has 8 rings (SSSR count). The number of benzene rings is 3. The number of nitrogens with one attached hydrogen (secondary N) is 1. The van der Waals surface area contributed by atoms with Gasteiger partial charge in [0.1, 0.15) is 41.2 Å². The molecule has 0 bridgehead atoms. The first-order valence-corrected chi connectivity index (χ1v) is 19.9. The number of imide groups is 2. The van der Waals surface area contributed by atoms with Gasteiger partial charge in [-0.15, -0.1) is 11.8 Å². The van der Waals surface area contributed by atoms with Crippen LogP contribution in [0.1, 0.15) is 78.1 Å². The summed E-state index contributed by atoms with van der Waals surface area (Å²) in [5, 5.41) is 7.81. The number of likely N-dealkylation sites (tertiary alicyclic amines) is 1. The summed E-state index contributed by atoms with van der Waals surface area (Å²) in [4.78, 5) is 75.9. The number of rotatable bonds is 12. The minimum absolute atomic E-state index is 0.0101. The minimum atomic E-state index is -1.17. The molecule has 0 spiro atoms. The zero-order chi connectivity index (χ0) is 39.6. The summed E-state index contributed by atoms with van der Waals surface area (Å²) in [5.74, 6) is -1.31. The van der Waals surface area contributed by atoms with Gasteiger partial charge >= 0.3 is 0 Å². The van der Waals surface area contributed by atoms with E-state index in [4.69, 9.17) is 15.6 Å². The molecule has 292 valence electrons. The van der Waals surface area contributed by atoms with E-state index in [0.29, 0.717) is 71.3 Å². The number of anilines is 1. The fourth-order valence-electron chi connectivity index (χ4n) is 7.68. The fourth-order valence-corrected chi connectivity index (χ4v) is 8.74. The van der Waals surface area contributed by atoms with E-state index in [-0.39, 0.29) is 35.9 Å². The van der Waals surface area contributed by atoms with Gasteiger partial charge in [0.15, 0.2) is 5.65 Å². The van der Waals surface area contributed by atoms with E-state index < -0.39 is 35.5 Å². The largest absolute Gasteiger partial charge is 0.457 e. The molecular formula is C41H39FN8O6S. The summed E-state index contributed by atoms with van der Waals surface area (Å²) >= 11 is 1.33. The van der Waals surface area contributed by atoms with Crippen LogP contribution >= 0.6 is 11.8 Å². The van der Waals surface area contributed by atoms with Gasteiger partial charge in [-0.05, 0) is 86.4 Å². The highest BCUT2D eigenvalue weighted by atomic mass is 32.2. The van der Waals surface area contributed by atoms with Crippen molar-refractivity contribution in [3.8, 4) is 22.8 Å². The van der Waals surface area contributed by atoms with Crippen LogP contribution in [0.25, 0.3) is 22.3 Å². The summed E-state index contributed by atoms with van der Waals surface area (Å²) in [7, 11) is 0. The molecule has 2 unspecified atom stereocenters. The predicted molar refractivity (Wildman–Crippen MR) is 209 cm³/mol. The zero-order valence-corrected chi connectivity index (χ0v) is 31.7. The maximum absolute atomic E-state index is 14.8. The van der Waals surface area contributed by atoms with Crippen molar-refractivity contribution in [2.45, 2.75) is 68.3 Å². The molecule has 2 atom stereocenters. The molecule has 2 fully saturated rings. The summed E-state index contributed by atoms with van der Waals surface area (Å²) in [6.45, 7) is 1.13. The first-order valence-electron chi connectivity index (χ1n) is 18.9. The van der Waals surface area contributed by atoms with Gasteiger partial charge in [0.2, 0.25) is 17.7 Å². The number of nitrogens with two attached hydrogens (primary N) is 1. The Bertz CT molecular complexity index is 2390. The van der Waals surface area contributed by atoms with Crippen molar-refractivity contribution in [2.75, 3.05) is 24.6 Å². The van der Waals surface area contributed by atoms with Crippen molar-refractivity contribution < 1.29 is 33.1 Å². The molecule has 3 aliphatic heterocycles. The number of amides is 5. The van der Waals surface area contributed by atoms with Gasteiger partial charge in [0, 0.05) is 36.4 Å². The van der Waals surface area contributed by atoms with Crippen LogP contribution in [0.15, 0.2) is 78.0 Å². The Labute approximate surface area is 331 Å². The highest BCUT2D eigenvalue weighted by Gasteiger charge is 2.47. The number of halogens is 1. The van der Waals surface area contributed by atoms with Crippen molar-refractivity contribution in [1.29, 1.82) is 0 Å². The van der Waals surface area contributed by atoms with Crippen molar-refractivity contribution in [1.82, 2.24) is 34.9 Å². The first kappa shape index (κ1) is 37.7. The highest BCUT2D eigenvalue weighted by Crippen LogP contribution is 2.37. The molecule has 16 heteroatoms. The third-order valence-corrected chi connectivity index (χ3v) is 11.7. The van der Waals surface area contributed by atoms with Crippen molar-refractivity contribution >= 4 is 58.1 Å². The van der Waals surface area contributed by atoms with E-state index >= 15 is 0 Å². The van der Waals surface area contributed by atoms with Gasteiger partial charge < -0.3 is 15.4 Å². The molecule has 5 amide bonds. The summed E-state index contributed by atoms with van der Waals surface area (Å²) in [5.41, 5.74) is 8.09. The topological polar surface area (TPSA) is 183 Å². The Morgan fingerprint density at radius 3 is 2.47 bits per heavy atom. The Balaban J connectivity index is 0.862. The monoisotopic (exact) mass is 790 g/mol. The molecule has 2 saturated heterocycles. The molecule has 0 aliphatic carbocycles. The Morgan fingerprint density at radius 2 is 1.68 bits per heavy atom. The molecule has 3 aromatic carbocycles. The number of nitrogen functional groups attached to an aromatic ring is 1. The maximum atomic E-state index is 14.8. The van der Waals surface area contributed by atoms with Crippen LogP contribution in [0.2, 0.25) is 0 Å². The fraction of sp³-hybridized carbons (Fsp3) is 0.317. The molecule has 14 nitrogen and oxygen atoms in total. The van der Waals surface area contributed by atoms with Crippen LogP contribution in [0.5, 0.6) is 11.5 Å². The van der Waals surface area contributed by atoms with Crippen LogP contribution in [0.3, 0.4) is 0 Å². The highest BCUT2D eigenvalue weighted by molar-refractivity contribution is 7.99. The Morgan fingerprint density at radius 1 is 0.912 bits per heavy atom. The number of carbonyl (C=O) groups excluding carboxylic acids is 5. The van der Waals surface area contributed by atoms with E-state index in [1.54, 1.807) is 0 Å². The SMILES string of the molecule is Nc1ncnc2c1c(-c1ccc(Oc3ccccc3)cc1)nn2C1CCCN(C(=O)CCCCCSc2ccc(F)c3c2C(=O)N(C2CCC(=O)NC2=O)C3=O)C1. The Hall–Kier alpha value is -6.16. The number of thioether (sulfide) groups is 1. The molecule has 2 aromatic heterocycles. The lowest BCUT2D eigenvalue weighted by molar-refractivity contribution is -0.136. The molecular weight excluding hydrogens is 752 g/mol. The average molecular weight is 791 g/mol. The van der Waals surface area contributed by atoms with E-state index in [9.17, 15) is 28.4 Å². The second-order valence-electron chi connectivity index (χ2n) is 14.2. The smallest absolute Gasteiger partial charge is 0.265 e. The lowest BCUT2D eigenvalue weighted by Crippen LogP contribution is -2.54. The second kappa shape index (κ2) is 16.1. The van der Waals surface area contributed by atoms with Crippen molar-refractivity contribution in [3.63, 3.8) is 0 Å². The third kappa shape index (κ3) is 7.56. The molecule has 3 N–H and O–H groups in total. The first-order chi connectivity index (χ1) is 27.7. The van der Waals surface area contributed by atoms with Crippen LogP contribution in [-0.4, -0.2) is 84.0 Å². The van der Waals surface area contributed by atoms with E-state index in [2.05, 4.69) is 15.3 Å². The average Bonchev–Trinajstić information content (AvgIpc) is 3.74. The molecule has 5 heterocycles. The van der Waals surface area contributed by atoms with Crippen molar-refractivity contribution in [2.24, 2.45) is 0 Å².